The van der Waals surface area contributed by atoms with Crippen molar-refractivity contribution in [3.63, 3.8) is 0 Å². The van der Waals surface area contributed by atoms with Crippen molar-refractivity contribution in [1.29, 1.82) is 0 Å². The Labute approximate surface area is 202 Å². The molecule has 1 N–H and O–H groups in total. The number of thiazole rings is 1. The highest BCUT2D eigenvalue weighted by Crippen LogP contribution is 2.38. The van der Waals surface area contributed by atoms with Crippen molar-refractivity contribution < 1.29 is 13.2 Å². The summed E-state index contributed by atoms with van der Waals surface area (Å²) in [7, 11) is -4.02. The molecule has 2 aromatic rings. The number of carbonyl (C=O) groups is 1. The van der Waals surface area contributed by atoms with Crippen LogP contribution < -0.4 is 4.72 Å². The molecule has 1 aromatic carbocycles. The lowest BCUT2D eigenvalue weighted by molar-refractivity contribution is -0.134. The highest BCUT2D eigenvalue weighted by molar-refractivity contribution is 7.93. The van der Waals surface area contributed by atoms with Crippen LogP contribution in [0.4, 0.5) is 5.13 Å². The van der Waals surface area contributed by atoms with E-state index in [4.69, 9.17) is 34.8 Å². The lowest BCUT2D eigenvalue weighted by atomic mass is 10.1. The fourth-order valence-corrected chi connectivity index (χ4v) is 6.77. The summed E-state index contributed by atoms with van der Waals surface area (Å²) in [5.41, 5.74) is 0.656. The molecule has 31 heavy (non-hydrogen) atoms. The van der Waals surface area contributed by atoms with Gasteiger partial charge in [-0.2, -0.15) is 0 Å². The van der Waals surface area contributed by atoms with Crippen LogP contribution >= 0.6 is 46.1 Å². The maximum absolute atomic E-state index is 13.0. The number of anilines is 1. The Morgan fingerprint density at radius 1 is 1.19 bits per heavy atom. The van der Waals surface area contributed by atoms with E-state index in [1.54, 1.807) is 10.3 Å². The Bertz CT molecular complexity index is 1040. The number of nitrogens with zero attached hydrogens (tertiary/aromatic N) is 2. The molecule has 0 aliphatic heterocycles. The molecule has 11 heteroatoms. The maximum Gasteiger partial charge on any atom is 0.245 e. The fourth-order valence-electron chi connectivity index (χ4n) is 3.26. The van der Waals surface area contributed by atoms with Gasteiger partial charge in [-0.25, -0.2) is 13.4 Å². The van der Waals surface area contributed by atoms with Crippen LogP contribution in [-0.2, 0) is 21.2 Å². The van der Waals surface area contributed by atoms with Crippen LogP contribution in [0, 0.1) is 0 Å². The number of aromatic nitrogens is 1. The van der Waals surface area contributed by atoms with E-state index >= 15 is 0 Å². The van der Waals surface area contributed by atoms with E-state index in [1.165, 1.54) is 18.2 Å². The first-order valence-electron chi connectivity index (χ1n) is 9.41. The Balaban J connectivity index is 2.24. The molecule has 1 atom stereocenters. The summed E-state index contributed by atoms with van der Waals surface area (Å²) in [6.07, 6.45) is 1.30. The van der Waals surface area contributed by atoms with Crippen molar-refractivity contribution in [3.05, 3.63) is 56.5 Å². The van der Waals surface area contributed by atoms with Gasteiger partial charge in [0, 0.05) is 38.1 Å². The molecule has 0 radical (unpaired) electrons. The Morgan fingerprint density at radius 3 is 2.23 bits per heavy atom. The van der Waals surface area contributed by atoms with Gasteiger partial charge >= 0.3 is 0 Å². The molecule has 0 aliphatic rings. The molecule has 170 valence electrons. The molecule has 6 nitrogen and oxygen atoms in total. The molecule has 2 rings (SSSR count). The summed E-state index contributed by atoms with van der Waals surface area (Å²) in [4.78, 5) is 18.7. The lowest BCUT2D eigenvalue weighted by Gasteiger charge is -2.30. The first kappa shape index (κ1) is 25.9. The predicted molar refractivity (Wildman–Crippen MR) is 130 cm³/mol. The number of hydrogen-bond acceptors (Lipinski definition) is 5. The zero-order valence-corrected chi connectivity index (χ0v) is 21.4. The third kappa shape index (κ3) is 6.35. The summed E-state index contributed by atoms with van der Waals surface area (Å²) in [6, 6.07) is 2.93. The molecule has 0 aliphatic carbocycles. The van der Waals surface area contributed by atoms with E-state index in [1.807, 2.05) is 27.7 Å². The molecule has 1 aromatic heterocycles. The van der Waals surface area contributed by atoms with Crippen LogP contribution in [0.25, 0.3) is 0 Å². The molecule has 1 amide bonds. The van der Waals surface area contributed by atoms with Gasteiger partial charge in [0.2, 0.25) is 15.9 Å². The number of rotatable bonds is 9. The second-order valence-corrected chi connectivity index (χ2v) is 11.3. The third-order valence-corrected chi connectivity index (χ3v) is 7.75. The Kier molecular flexibility index (Phi) is 8.81. The SMILES string of the molecule is C=CC(c1c(Cl)cc(Cl)cc1Cl)S(=O)(=O)Nc1nc(CC(=O)N(C(C)C)C(C)C)cs1. The second-order valence-electron chi connectivity index (χ2n) is 7.40. The molecule has 0 saturated carbocycles. The number of amides is 1. The highest BCUT2D eigenvalue weighted by Gasteiger charge is 2.30. The first-order valence-corrected chi connectivity index (χ1v) is 13.0. The van der Waals surface area contributed by atoms with Crippen LogP contribution in [0.1, 0.15) is 44.2 Å². The zero-order chi connectivity index (χ0) is 23.5. The second kappa shape index (κ2) is 10.5. The van der Waals surface area contributed by atoms with Crippen LogP contribution in [0.15, 0.2) is 30.2 Å². The summed E-state index contributed by atoms with van der Waals surface area (Å²) < 4.78 is 28.4. The van der Waals surface area contributed by atoms with E-state index in [0.717, 1.165) is 11.3 Å². The topological polar surface area (TPSA) is 79.4 Å². The number of carbonyl (C=O) groups excluding carboxylic acids is 1. The summed E-state index contributed by atoms with van der Waals surface area (Å²) >= 11 is 19.4. The van der Waals surface area contributed by atoms with Crippen molar-refractivity contribution >= 4 is 67.2 Å². The lowest BCUT2D eigenvalue weighted by Crippen LogP contribution is -2.42. The largest absolute Gasteiger partial charge is 0.338 e. The zero-order valence-electron chi connectivity index (χ0n) is 17.5. The third-order valence-electron chi connectivity index (χ3n) is 4.39. The highest BCUT2D eigenvalue weighted by atomic mass is 35.5. The maximum atomic E-state index is 13.0. The summed E-state index contributed by atoms with van der Waals surface area (Å²) in [5.74, 6) is -0.0756. The summed E-state index contributed by atoms with van der Waals surface area (Å²) in [6.45, 7) is 11.4. The fraction of sp³-hybridized carbons (Fsp3) is 0.400. The molecular formula is C20H24Cl3N3O3S2. The van der Waals surface area contributed by atoms with Crippen molar-refractivity contribution in [2.75, 3.05) is 4.72 Å². The van der Waals surface area contributed by atoms with Crippen LogP contribution in [-0.4, -0.2) is 36.3 Å². The normalized spacial score (nSPS) is 12.8. The van der Waals surface area contributed by atoms with Gasteiger partial charge in [0.15, 0.2) is 5.13 Å². The Morgan fingerprint density at radius 2 is 1.74 bits per heavy atom. The van der Waals surface area contributed by atoms with E-state index in [2.05, 4.69) is 16.3 Å². The van der Waals surface area contributed by atoms with Crippen molar-refractivity contribution in [2.24, 2.45) is 0 Å². The molecular weight excluding hydrogens is 501 g/mol. The predicted octanol–water partition coefficient (Wildman–Crippen LogP) is 5.96. The van der Waals surface area contributed by atoms with Gasteiger partial charge in [-0.05, 0) is 39.8 Å². The van der Waals surface area contributed by atoms with Gasteiger partial charge in [-0.15, -0.1) is 17.9 Å². The van der Waals surface area contributed by atoms with Gasteiger partial charge in [-0.3, -0.25) is 9.52 Å². The minimum atomic E-state index is -4.02. The van der Waals surface area contributed by atoms with Crippen LogP contribution in [0.5, 0.6) is 0 Å². The molecule has 0 saturated heterocycles. The van der Waals surface area contributed by atoms with Gasteiger partial charge in [0.05, 0.1) is 12.1 Å². The van der Waals surface area contributed by atoms with Crippen LogP contribution in [0.2, 0.25) is 15.1 Å². The minimum absolute atomic E-state index is 0.0475. The quantitative estimate of drug-likeness (QED) is 0.410. The number of nitrogens with one attached hydrogen (secondary N) is 1. The molecule has 1 heterocycles. The molecule has 0 spiro atoms. The van der Waals surface area contributed by atoms with Gasteiger partial charge in [-0.1, -0.05) is 40.9 Å². The minimum Gasteiger partial charge on any atom is -0.338 e. The van der Waals surface area contributed by atoms with Crippen molar-refractivity contribution in [1.82, 2.24) is 9.88 Å². The number of sulfonamides is 1. The monoisotopic (exact) mass is 523 g/mol. The number of halogens is 3. The van der Waals surface area contributed by atoms with Crippen molar-refractivity contribution in [2.45, 2.75) is 51.4 Å². The summed E-state index contributed by atoms with van der Waals surface area (Å²) in [5, 5.41) is 1.08. The van der Waals surface area contributed by atoms with Crippen LogP contribution in [0.3, 0.4) is 0 Å². The van der Waals surface area contributed by atoms with Gasteiger partial charge in [0.1, 0.15) is 5.25 Å². The number of hydrogen-bond donors (Lipinski definition) is 1. The smallest absolute Gasteiger partial charge is 0.245 e. The molecule has 0 bridgehead atoms. The van der Waals surface area contributed by atoms with E-state index in [0.29, 0.717) is 5.69 Å². The average Bonchev–Trinajstić information content (AvgIpc) is 3.02. The molecule has 1 unspecified atom stereocenters. The number of benzene rings is 1. The van der Waals surface area contributed by atoms with E-state index in [9.17, 15) is 13.2 Å². The van der Waals surface area contributed by atoms with Gasteiger partial charge in [0.25, 0.3) is 0 Å². The van der Waals surface area contributed by atoms with Gasteiger partial charge < -0.3 is 4.90 Å². The average molecular weight is 525 g/mol. The van der Waals surface area contributed by atoms with Crippen molar-refractivity contribution in [3.8, 4) is 0 Å². The van der Waals surface area contributed by atoms with E-state index in [-0.39, 0.29) is 50.2 Å². The standard InChI is InChI=1S/C20H24Cl3N3O3S2/c1-6-17(19-15(22)7-13(21)8-16(19)23)31(28,29)25-20-24-14(10-30-20)9-18(27)26(11(2)3)12(4)5/h6-8,10-12,17H,1,9H2,2-5H3,(H,24,25). The van der Waals surface area contributed by atoms with E-state index < -0.39 is 15.3 Å². The first-order chi connectivity index (χ1) is 14.4. The Hall–Kier alpha value is -1.32. The molecule has 0 fully saturated rings.